The van der Waals surface area contributed by atoms with Crippen molar-refractivity contribution in [1.29, 1.82) is 0 Å². The van der Waals surface area contributed by atoms with Gasteiger partial charge in [0.1, 0.15) is 0 Å². The van der Waals surface area contributed by atoms with E-state index in [4.69, 9.17) is 0 Å². The van der Waals surface area contributed by atoms with E-state index in [1.165, 1.54) is 0 Å². The van der Waals surface area contributed by atoms with Crippen LogP contribution in [0.15, 0.2) is 46.9 Å². The van der Waals surface area contributed by atoms with E-state index in [1.54, 1.807) is 0 Å². The summed E-state index contributed by atoms with van der Waals surface area (Å²) in [6.07, 6.45) is 0. The monoisotopic (exact) mass is 332 g/mol. The van der Waals surface area contributed by atoms with Crippen molar-refractivity contribution in [1.82, 2.24) is 0 Å². The van der Waals surface area contributed by atoms with Crippen LogP contribution in [0.25, 0.3) is 0 Å². The number of halogens is 1. The van der Waals surface area contributed by atoms with E-state index in [0.717, 1.165) is 21.4 Å². The molecule has 2 aromatic rings. The van der Waals surface area contributed by atoms with Gasteiger partial charge in [-0.25, -0.2) is 0 Å². The molecule has 3 nitrogen and oxygen atoms in total. The van der Waals surface area contributed by atoms with Gasteiger partial charge in [0, 0.05) is 35.5 Å². The van der Waals surface area contributed by atoms with E-state index in [9.17, 15) is 4.79 Å². The van der Waals surface area contributed by atoms with Gasteiger partial charge >= 0.3 is 0 Å². The Hall–Kier alpha value is -1.81. The van der Waals surface area contributed by atoms with E-state index in [2.05, 4.69) is 21.2 Å². The minimum Gasteiger partial charge on any atom is -0.378 e. The van der Waals surface area contributed by atoms with Gasteiger partial charge in [0.2, 0.25) is 0 Å². The topological polar surface area (TPSA) is 32.3 Å². The molecule has 0 fully saturated rings. The van der Waals surface area contributed by atoms with Crippen LogP contribution >= 0.6 is 15.9 Å². The second kappa shape index (κ2) is 6.09. The fourth-order valence-electron chi connectivity index (χ4n) is 1.85. The fraction of sp³-hybridized carbons (Fsp3) is 0.188. The first-order valence-corrected chi connectivity index (χ1v) is 7.11. The van der Waals surface area contributed by atoms with E-state index in [-0.39, 0.29) is 5.91 Å². The maximum atomic E-state index is 12.3. The smallest absolute Gasteiger partial charge is 0.255 e. The van der Waals surface area contributed by atoms with E-state index in [1.807, 2.05) is 68.4 Å². The number of nitrogens with one attached hydrogen (secondary N) is 1. The largest absolute Gasteiger partial charge is 0.378 e. The summed E-state index contributed by atoms with van der Waals surface area (Å²) >= 11 is 3.42. The van der Waals surface area contributed by atoms with Crippen LogP contribution in [-0.2, 0) is 0 Å². The molecule has 4 heteroatoms. The highest BCUT2D eigenvalue weighted by Gasteiger charge is 2.09. The first-order chi connectivity index (χ1) is 9.47. The van der Waals surface area contributed by atoms with Crippen molar-refractivity contribution in [3.63, 3.8) is 0 Å². The maximum Gasteiger partial charge on any atom is 0.255 e. The molecule has 1 amide bonds. The summed E-state index contributed by atoms with van der Waals surface area (Å²) in [6.45, 7) is 1.97. The Morgan fingerprint density at radius 3 is 2.60 bits per heavy atom. The number of hydrogen-bond acceptors (Lipinski definition) is 2. The highest BCUT2D eigenvalue weighted by Crippen LogP contribution is 2.22. The molecule has 0 radical (unpaired) electrons. The van der Waals surface area contributed by atoms with Crippen LogP contribution in [0.3, 0.4) is 0 Å². The van der Waals surface area contributed by atoms with Crippen molar-refractivity contribution in [2.75, 3.05) is 24.3 Å². The third-order valence-electron chi connectivity index (χ3n) is 3.07. The predicted octanol–water partition coefficient (Wildman–Crippen LogP) is 4.08. The van der Waals surface area contributed by atoms with Gasteiger partial charge in [0.15, 0.2) is 0 Å². The van der Waals surface area contributed by atoms with Crippen LogP contribution in [0.1, 0.15) is 15.9 Å². The van der Waals surface area contributed by atoms with Gasteiger partial charge in [-0.15, -0.1) is 0 Å². The first kappa shape index (κ1) is 14.6. The lowest BCUT2D eigenvalue weighted by Gasteiger charge is -2.14. The molecule has 0 unspecified atom stereocenters. The van der Waals surface area contributed by atoms with Crippen LogP contribution in [0.2, 0.25) is 0 Å². The number of carbonyl (C=O) groups excluding carboxylic acids is 1. The Balaban J connectivity index is 2.24. The Bertz CT molecular complexity index is 638. The van der Waals surface area contributed by atoms with Gasteiger partial charge in [-0.05, 0) is 42.8 Å². The molecule has 2 rings (SSSR count). The number of aryl methyl sites for hydroxylation is 1. The molecule has 0 saturated carbocycles. The van der Waals surface area contributed by atoms with Gasteiger partial charge in [-0.3, -0.25) is 4.79 Å². The number of anilines is 2. The second-order valence-corrected chi connectivity index (χ2v) is 5.77. The molecular weight excluding hydrogens is 316 g/mol. The normalized spacial score (nSPS) is 10.2. The fourth-order valence-corrected chi connectivity index (χ4v) is 2.21. The number of rotatable bonds is 3. The number of benzene rings is 2. The molecule has 1 N–H and O–H groups in total. The molecular formula is C16H17BrN2O. The molecule has 104 valence electrons. The Morgan fingerprint density at radius 1 is 1.15 bits per heavy atom. The average molecular weight is 333 g/mol. The Kier molecular flexibility index (Phi) is 4.45. The van der Waals surface area contributed by atoms with Crippen molar-refractivity contribution in [2.24, 2.45) is 0 Å². The van der Waals surface area contributed by atoms with Crippen molar-refractivity contribution >= 4 is 33.2 Å². The molecule has 0 aliphatic heterocycles. The molecule has 0 bridgehead atoms. The van der Waals surface area contributed by atoms with Gasteiger partial charge < -0.3 is 10.2 Å². The molecule has 0 aliphatic rings. The Morgan fingerprint density at radius 2 is 1.90 bits per heavy atom. The van der Waals surface area contributed by atoms with Gasteiger partial charge in [0.25, 0.3) is 5.91 Å². The summed E-state index contributed by atoms with van der Waals surface area (Å²) in [6, 6.07) is 13.4. The summed E-state index contributed by atoms with van der Waals surface area (Å²) in [5, 5.41) is 2.95. The minimum absolute atomic E-state index is 0.102. The number of carbonyl (C=O) groups is 1. The summed E-state index contributed by atoms with van der Waals surface area (Å²) < 4.78 is 0.945. The Labute approximate surface area is 127 Å². The standard InChI is InChI=1S/C16H17BrN2O/c1-11-7-8-13(17)10-15(11)18-16(20)12-5-4-6-14(9-12)19(2)3/h4-10H,1-3H3,(H,18,20). The molecule has 0 heterocycles. The lowest BCUT2D eigenvalue weighted by atomic mass is 10.1. The van der Waals surface area contributed by atoms with Crippen LogP contribution in [0.5, 0.6) is 0 Å². The zero-order chi connectivity index (χ0) is 14.7. The highest BCUT2D eigenvalue weighted by atomic mass is 79.9. The van der Waals surface area contributed by atoms with Crippen molar-refractivity contribution in [3.05, 3.63) is 58.1 Å². The van der Waals surface area contributed by atoms with Crippen molar-refractivity contribution in [3.8, 4) is 0 Å². The average Bonchev–Trinajstić information content (AvgIpc) is 2.43. The van der Waals surface area contributed by atoms with E-state index >= 15 is 0 Å². The van der Waals surface area contributed by atoms with Gasteiger partial charge in [-0.1, -0.05) is 28.1 Å². The molecule has 0 spiro atoms. The summed E-state index contributed by atoms with van der Waals surface area (Å²) in [7, 11) is 3.91. The number of nitrogens with zero attached hydrogens (tertiary/aromatic N) is 1. The molecule has 0 aromatic heterocycles. The van der Waals surface area contributed by atoms with Crippen LogP contribution < -0.4 is 10.2 Å². The van der Waals surface area contributed by atoms with E-state index < -0.39 is 0 Å². The lowest BCUT2D eigenvalue weighted by Crippen LogP contribution is -2.14. The van der Waals surface area contributed by atoms with Gasteiger partial charge in [-0.2, -0.15) is 0 Å². The highest BCUT2D eigenvalue weighted by molar-refractivity contribution is 9.10. The van der Waals surface area contributed by atoms with Gasteiger partial charge in [0.05, 0.1) is 0 Å². The molecule has 0 saturated heterocycles. The van der Waals surface area contributed by atoms with Crippen molar-refractivity contribution < 1.29 is 4.79 Å². The lowest BCUT2D eigenvalue weighted by molar-refractivity contribution is 0.102. The quantitative estimate of drug-likeness (QED) is 0.918. The third-order valence-corrected chi connectivity index (χ3v) is 3.57. The minimum atomic E-state index is -0.102. The third kappa shape index (κ3) is 3.39. The number of hydrogen-bond donors (Lipinski definition) is 1. The van der Waals surface area contributed by atoms with Crippen LogP contribution in [0.4, 0.5) is 11.4 Å². The molecule has 2 aromatic carbocycles. The molecule has 0 atom stereocenters. The molecule has 20 heavy (non-hydrogen) atoms. The number of amides is 1. The SMILES string of the molecule is Cc1ccc(Br)cc1NC(=O)c1cccc(N(C)C)c1. The second-order valence-electron chi connectivity index (χ2n) is 4.86. The molecule has 0 aliphatic carbocycles. The van der Waals surface area contributed by atoms with E-state index in [0.29, 0.717) is 5.56 Å². The van der Waals surface area contributed by atoms with Crippen LogP contribution in [0, 0.1) is 6.92 Å². The van der Waals surface area contributed by atoms with Crippen molar-refractivity contribution in [2.45, 2.75) is 6.92 Å². The zero-order valence-corrected chi connectivity index (χ0v) is 13.4. The first-order valence-electron chi connectivity index (χ1n) is 6.32. The summed E-state index contributed by atoms with van der Waals surface area (Å²) in [4.78, 5) is 14.3. The summed E-state index contributed by atoms with van der Waals surface area (Å²) in [5.74, 6) is -0.102. The predicted molar refractivity (Wildman–Crippen MR) is 87.6 cm³/mol. The maximum absolute atomic E-state index is 12.3. The van der Waals surface area contributed by atoms with Crippen LogP contribution in [-0.4, -0.2) is 20.0 Å². The zero-order valence-electron chi connectivity index (χ0n) is 11.8. The summed E-state index contributed by atoms with van der Waals surface area (Å²) in [5.41, 5.74) is 3.50.